The van der Waals surface area contributed by atoms with Gasteiger partial charge in [-0.05, 0) is 13.8 Å². The molecule has 9 heavy (non-hydrogen) atoms. The summed E-state index contributed by atoms with van der Waals surface area (Å²) in [5, 5.41) is 1.10. The molecule has 1 saturated heterocycles. The number of nitrogens with zero attached hydrogens (tertiary/aromatic N) is 1. The van der Waals surface area contributed by atoms with E-state index in [2.05, 4.69) is 0 Å². The smallest absolute Gasteiger partial charge is 0.424 e. The second-order valence-corrected chi connectivity index (χ2v) is 2.24. The van der Waals surface area contributed by atoms with E-state index < -0.39 is 6.09 Å². The van der Waals surface area contributed by atoms with Gasteiger partial charge in [0.2, 0.25) is 0 Å². The van der Waals surface area contributed by atoms with E-state index in [-0.39, 0.29) is 12.1 Å². The van der Waals surface area contributed by atoms with Gasteiger partial charge in [0.25, 0.3) is 0 Å². The number of ether oxygens (including phenoxy) is 1. The number of nitrogens with two attached hydrogens (primary N) is 1. The molecule has 0 radical (unpaired) electrons. The molecule has 2 atom stereocenters. The Balaban J connectivity index is 2.65. The zero-order valence-corrected chi connectivity index (χ0v) is 5.50. The number of carbonyl (C=O) groups excluding carboxylic acids is 1. The van der Waals surface area contributed by atoms with Crippen molar-refractivity contribution in [1.29, 1.82) is 0 Å². The molecule has 1 aliphatic heterocycles. The maximum Gasteiger partial charge on any atom is 0.424 e. The van der Waals surface area contributed by atoms with Gasteiger partial charge < -0.3 is 4.74 Å². The zero-order chi connectivity index (χ0) is 7.02. The number of cyclic esters (lactones) is 1. The first-order valence-corrected chi connectivity index (χ1v) is 2.87. The van der Waals surface area contributed by atoms with Crippen LogP contribution in [-0.4, -0.2) is 23.2 Å². The molecule has 0 spiro atoms. The molecule has 0 aromatic rings. The van der Waals surface area contributed by atoms with E-state index in [4.69, 9.17) is 10.6 Å². The molecule has 1 fully saturated rings. The van der Waals surface area contributed by atoms with Crippen LogP contribution in [0, 0.1) is 0 Å². The molecule has 0 aromatic heterocycles. The fourth-order valence-corrected chi connectivity index (χ4v) is 0.711. The summed E-state index contributed by atoms with van der Waals surface area (Å²) in [7, 11) is 0. The van der Waals surface area contributed by atoms with Gasteiger partial charge in [-0.3, -0.25) is 0 Å². The second-order valence-electron chi connectivity index (χ2n) is 2.24. The predicted octanol–water partition coefficient (Wildman–Crippen LogP) is 0.0893. The average molecular weight is 130 g/mol. The van der Waals surface area contributed by atoms with E-state index in [1.807, 2.05) is 13.8 Å². The van der Waals surface area contributed by atoms with Gasteiger partial charge in [0, 0.05) is 0 Å². The summed E-state index contributed by atoms with van der Waals surface area (Å²) in [5.74, 6) is 5.27. The highest BCUT2D eigenvalue weighted by Crippen LogP contribution is 2.13. The summed E-state index contributed by atoms with van der Waals surface area (Å²) in [6, 6.07) is -0.00231. The maximum absolute atomic E-state index is 10.6. The van der Waals surface area contributed by atoms with E-state index in [0.717, 1.165) is 5.01 Å². The van der Waals surface area contributed by atoms with E-state index in [9.17, 15) is 4.79 Å². The number of hydrazine groups is 1. The molecule has 4 nitrogen and oxygen atoms in total. The monoisotopic (exact) mass is 130 g/mol. The summed E-state index contributed by atoms with van der Waals surface area (Å²) in [6.45, 7) is 3.66. The molecule has 2 N–H and O–H groups in total. The van der Waals surface area contributed by atoms with Gasteiger partial charge in [0.1, 0.15) is 6.10 Å². The van der Waals surface area contributed by atoms with E-state index >= 15 is 0 Å². The predicted molar refractivity (Wildman–Crippen MR) is 31.4 cm³/mol. The standard InChI is InChI=1S/C5H10N2O2/c1-3-4(2)9-5(8)7(3)6/h3-4H,6H2,1-2H3. The molecular weight excluding hydrogens is 120 g/mol. The van der Waals surface area contributed by atoms with Crippen LogP contribution in [0.5, 0.6) is 0 Å². The van der Waals surface area contributed by atoms with Crippen LogP contribution >= 0.6 is 0 Å². The van der Waals surface area contributed by atoms with Crippen LogP contribution in [0.2, 0.25) is 0 Å². The lowest BCUT2D eigenvalue weighted by atomic mass is 10.2. The van der Waals surface area contributed by atoms with Crippen LogP contribution in [0.15, 0.2) is 0 Å². The molecule has 0 bridgehead atoms. The molecule has 1 amide bonds. The quantitative estimate of drug-likeness (QED) is 0.373. The van der Waals surface area contributed by atoms with Gasteiger partial charge >= 0.3 is 6.09 Å². The molecule has 4 heteroatoms. The minimum atomic E-state index is -0.435. The van der Waals surface area contributed by atoms with Crippen LogP contribution in [0.1, 0.15) is 13.8 Å². The highest BCUT2D eigenvalue weighted by atomic mass is 16.6. The molecule has 2 unspecified atom stereocenters. The van der Waals surface area contributed by atoms with E-state index in [1.54, 1.807) is 0 Å². The fraction of sp³-hybridized carbons (Fsp3) is 0.800. The Hall–Kier alpha value is -0.770. The molecule has 0 saturated carbocycles. The highest BCUT2D eigenvalue weighted by Gasteiger charge is 2.33. The zero-order valence-electron chi connectivity index (χ0n) is 5.50. The molecule has 0 aliphatic carbocycles. The third-order valence-corrected chi connectivity index (χ3v) is 1.62. The number of amides is 1. The summed E-state index contributed by atoms with van der Waals surface area (Å²) < 4.78 is 4.75. The largest absolute Gasteiger partial charge is 0.443 e. The normalized spacial score (nSPS) is 35.0. The molecule has 1 rings (SSSR count). The van der Waals surface area contributed by atoms with Crippen molar-refractivity contribution in [2.75, 3.05) is 0 Å². The van der Waals surface area contributed by atoms with Crippen molar-refractivity contribution < 1.29 is 9.53 Å². The topological polar surface area (TPSA) is 55.6 Å². The minimum absolute atomic E-state index is 0.00231. The lowest BCUT2D eigenvalue weighted by Crippen LogP contribution is -2.39. The minimum Gasteiger partial charge on any atom is -0.443 e. The van der Waals surface area contributed by atoms with Gasteiger partial charge in [0.05, 0.1) is 6.04 Å². The first-order valence-electron chi connectivity index (χ1n) is 2.87. The summed E-state index contributed by atoms with van der Waals surface area (Å²) in [4.78, 5) is 10.6. The van der Waals surface area contributed by atoms with E-state index in [0.29, 0.717) is 0 Å². The molecule has 1 heterocycles. The Morgan fingerprint density at radius 2 is 2.22 bits per heavy atom. The van der Waals surface area contributed by atoms with Gasteiger partial charge in [-0.2, -0.15) is 0 Å². The Labute approximate surface area is 53.5 Å². The third-order valence-electron chi connectivity index (χ3n) is 1.62. The van der Waals surface area contributed by atoms with Gasteiger partial charge in [-0.15, -0.1) is 0 Å². The van der Waals surface area contributed by atoms with Gasteiger partial charge in [-0.25, -0.2) is 15.6 Å². The summed E-state index contributed by atoms with van der Waals surface area (Å²) >= 11 is 0. The Morgan fingerprint density at radius 1 is 1.67 bits per heavy atom. The molecule has 0 aromatic carbocycles. The maximum atomic E-state index is 10.6. The van der Waals surface area contributed by atoms with Crippen LogP contribution in [-0.2, 0) is 4.74 Å². The average Bonchev–Trinajstić information content (AvgIpc) is 1.98. The number of hydrogen-bond acceptors (Lipinski definition) is 3. The summed E-state index contributed by atoms with van der Waals surface area (Å²) in [5.41, 5.74) is 0. The van der Waals surface area contributed by atoms with Crippen molar-refractivity contribution in [2.45, 2.75) is 26.0 Å². The molecular formula is C5H10N2O2. The van der Waals surface area contributed by atoms with Crippen molar-refractivity contribution >= 4 is 6.09 Å². The van der Waals surface area contributed by atoms with Crippen molar-refractivity contribution in [2.24, 2.45) is 5.84 Å². The molecule has 52 valence electrons. The summed E-state index contributed by atoms with van der Waals surface area (Å²) in [6.07, 6.45) is -0.516. The highest BCUT2D eigenvalue weighted by molar-refractivity contribution is 5.69. The third kappa shape index (κ3) is 0.853. The number of carbonyl (C=O) groups is 1. The number of hydrogen-bond donors (Lipinski definition) is 1. The first-order chi connectivity index (χ1) is 4.13. The van der Waals surface area contributed by atoms with Crippen LogP contribution in [0.25, 0.3) is 0 Å². The van der Waals surface area contributed by atoms with Crippen LogP contribution in [0.4, 0.5) is 4.79 Å². The van der Waals surface area contributed by atoms with Crippen LogP contribution in [0.3, 0.4) is 0 Å². The number of rotatable bonds is 0. The first kappa shape index (κ1) is 6.35. The Morgan fingerprint density at radius 3 is 2.33 bits per heavy atom. The van der Waals surface area contributed by atoms with Crippen LogP contribution < -0.4 is 5.84 Å². The van der Waals surface area contributed by atoms with Gasteiger partial charge in [-0.1, -0.05) is 0 Å². The van der Waals surface area contributed by atoms with Crippen molar-refractivity contribution in [3.05, 3.63) is 0 Å². The Bertz CT molecular complexity index is 137. The van der Waals surface area contributed by atoms with Crippen molar-refractivity contribution in [1.82, 2.24) is 5.01 Å². The lowest BCUT2D eigenvalue weighted by Gasteiger charge is -2.11. The van der Waals surface area contributed by atoms with Crippen molar-refractivity contribution in [3.8, 4) is 0 Å². The second kappa shape index (κ2) is 1.88. The SMILES string of the molecule is CC1OC(=O)N(N)C1C. The van der Waals surface area contributed by atoms with E-state index in [1.165, 1.54) is 0 Å². The molecule has 1 aliphatic rings. The lowest BCUT2D eigenvalue weighted by molar-refractivity contribution is 0.137. The van der Waals surface area contributed by atoms with Crippen molar-refractivity contribution in [3.63, 3.8) is 0 Å². The van der Waals surface area contributed by atoms with Gasteiger partial charge in [0.15, 0.2) is 0 Å². The Kier molecular flexibility index (Phi) is 1.32. The fourth-order valence-electron chi connectivity index (χ4n) is 0.711.